The van der Waals surface area contributed by atoms with E-state index in [4.69, 9.17) is 0 Å². The maximum atomic E-state index is 3.63. The molecule has 1 saturated heterocycles. The van der Waals surface area contributed by atoms with Gasteiger partial charge in [0.05, 0.1) is 0 Å². The van der Waals surface area contributed by atoms with Crippen LogP contribution in [-0.4, -0.2) is 25.7 Å². The van der Waals surface area contributed by atoms with Crippen molar-refractivity contribution in [3.8, 4) is 0 Å². The van der Waals surface area contributed by atoms with E-state index in [2.05, 4.69) is 48.3 Å². The molecule has 1 aromatic carbocycles. The van der Waals surface area contributed by atoms with Crippen LogP contribution < -0.4 is 10.2 Å². The van der Waals surface area contributed by atoms with E-state index < -0.39 is 0 Å². The van der Waals surface area contributed by atoms with E-state index in [9.17, 15) is 0 Å². The molecule has 100 valence electrons. The molecule has 1 heterocycles. The van der Waals surface area contributed by atoms with E-state index in [1.807, 2.05) is 0 Å². The van der Waals surface area contributed by atoms with Gasteiger partial charge in [-0.15, -0.1) is 0 Å². The molecule has 18 heavy (non-hydrogen) atoms. The normalized spacial score (nSPS) is 17.1. The van der Waals surface area contributed by atoms with Gasteiger partial charge in [-0.3, -0.25) is 0 Å². The van der Waals surface area contributed by atoms with Gasteiger partial charge in [-0.05, 0) is 49.9 Å². The molecule has 0 radical (unpaired) electrons. The fraction of sp³-hybridized carbons (Fsp3) is 0.625. The Balaban J connectivity index is 1.84. The highest BCUT2D eigenvalue weighted by Crippen LogP contribution is 2.20. The molecule has 0 unspecified atom stereocenters. The molecular weight excluding hydrogens is 220 g/mol. The summed E-state index contributed by atoms with van der Waals surface area (Å²) in [5, 5.41) is 3.63. The van der Waals surface area contributed by atoms with Crippen LogP contribution in [0.5, 0.6) is 0 Å². The van der Waals surface area contributed by atoms with E-state index in [-0.39, 0.29) is 0 Å². The summed E-state index contributed by atoms with van der Waals surface area (Å²) in [4.78, 5) is 2.52. The lowest BCUT2D eigenvalue weighted by Gasteiger charge is -2.34. The highest BCUT2D eigenvalue weighted by molar-refractivity contribution is 5.48. The predicted molar refractivity (Wildman–Crippen MR) is 79.3 cm³/mol. The molecule has 1 aliphatic rings. The Morgan fingerprint density at radius 2 is 1.78 bits per heavy atom. The van der Waals surface area contributed by atoms with E-state index in [0.717, 1.165) is 19.0 Å². The minimum Gasteiger partial charge on any atom is -0.371 e. The third kappa shape index (κ3) is 3.49. The first kappa shape index (κ1) is 13.4. The van der Waals surface area contributed by atoms with Gasteiger partial charge in [-0.25, -0.2) is 0 Å². The van der Waals surface area contributed by atoms with Crippen LogP contribution >= 0.6 is 0 Å². The van der Waals surface area contributed by atoms with Crippen molar-refractivity contribution >= 4 is 5.69 Å². The number of hydrogen-bond acceptors (Lipinski definition) is 2. The fourth-order valence-corrected chi connectivity index (χ4v) is 2.63. The van der Waals surface area contributed by atoms with Crippen LogP contribution in [0.3, 0.4) is 0 Å². The van der Waals surface area contributed by atoms with Crippen molar-refractivity contribution in [2.24, 2.45) is 0 Å². The number of piperidine rings is 1. The first-order valence-electron chi connectivity index (χ1n) is 7.40. The van der Waals surface area contributed by atoms with Gasteiger partial charge in [-0.2, -0.15) is 0 Å². The molecule has 1 N–H and O–H groups in total. The first-order valence-corrected chi connectivity index (χ1v) is 7.40. The maximum absolute atomic E-state index is 3.63. The van der Waals surface area contributed by atoms with Gasteiger partial charge in [0.15, 0.2) is 0 Å². The minimum atomic E-state index is 0.733. The highest BCUT2D eigenvalue weighted by Gasteiger charge is 2.18. The average molecular weight is 246 g/mol. The topological polar surface area (TPSA) is 15.3 Å². The number of hydrogen-bond donors (Lipinski definition) is 1. The van der Waals surface area contributed by atoms with Crippen molar-refractivity contribution in [3.05, 3.63) is 29.8 Å². The van der Waals surface area contributed by atoms with Gasteiger partial charge < -0.3 is 10.2 Å². The van der Waals surface area contributed by atoms with Gasteiger partial charge in [0.1, 0.15) is 0 Å². The molecule has 0 spiro atoms. The average Bonchev–Trinajstić information content (AvgIpc) is 2.46. The monoisotopic (exact) mass is 246 g/mol. The largest absolute Gasteiger partial charge is 0.371 e. The van der Waals surface area contributed by atoms with Crippen LogP contribution in [-0.2, 0) is 6.42 Å². The number of nitrogens with zero attached hydrogens (tertiary/aromatic N) is 1. The second-order valence-corrected chi connectivity index (χ2v) is 5.24. The van der Waals surface area contributed by atoms with E-state index >= 15 is 0 Å². The Bertz CT molecular complexity index is 337. The van der Waals surface area contributed by atoms with Crippen molar-refractivity contribution in [2.45, 2.75) is 45.6 Å². The van der Waals surface area contributed by atoms with Crippen LogP contribution in [0.15, 0.2) is 24.3 Å². The standard InChI is InChI=1S/C16H26N2/c1-3-11-17-15-9-12-18(13-10-15)16-7-5-14(4-2)6-8-16/h5-8,15,17H,3-4,9-13H2,1-2H3. The Labute approximate surface area is 111 Å². The first-order chi connectivity index (χ1) is 8.83. The van der Waals surface area contributed by atoms with Gasteiger partial charge in [-0.1, -0.05) is 26.0 Å². The Kier molecular flexibility index (Phi) is 5.06. The van der Waals surface area contributed by atoms with Crippen molar-refractivity contribution in [1.29, 1.82) is 0 Å². The zero-order chi connectivity index (χ0) is 12.8. The Hall–Kier alpha value is -1.02. The van der Waals surface area contributed by atoms with Gasteiger partial charge in [0, 0.05) is 24.8 Å². The molecule has 0 amide bonds. The second kappa shape index (κ2) is 6.79. The molecule has 2 heteroatoms. The van der Waals surface area contributed by atoms with Crippen molar-refractivity contribution < 1.29 is 0 Å². The van der Waals surface area contributed by atoms with Gasteiger partial charge in [0.25, 0.3) is 0 Å². The number of nitrogens with one attached hydrogen (secondary N) is 1. The molecule has 2 rings (SSSR count). The summed E-state index contributed by atoms with van der Waals surface area (Å²) >= 11 is 0. The number of anilines is 1. The summed E-state index contributed by atoms with van der Waals surface area (Å²) in [5.74, 6) is 0. The summed E-state index contributed by atoms with van der Waals surface area (Å²) in [7, 11) is 0. The molecular formula is C16H26N2. The Morgan fingerprint density at radius 1 is 1.11 bits per heavy atom. The zero-order valence-corrected chi connectivity index (χ0v) is 11.8. The summed E-state index contributed by atoms with van der Waals surface area (Å²) < 4.78 is 0. The fourth-order valence-electron chi connectivity index (χ4n) is 2.63. The van der Waals surface area contributed by atoms with Crippen molar-refractivity contribution in [3.63, 3.8) is 0 Å². The van der Waals surface area contributed by atoms with Crippen molar-refractivity contribution in [1.82, 2.24) is 5.32 Å². The van der Waals surface area contributed by atoms with Crippen molar-refractivity contribution in [2.75, 3.05) is 24.5 Å². The van der Waals surface area contributed by atoms with E-state index in [1.54, 1.807) is 0 Å². The molecule has 1 fully saturated rings. The summed E-state index contributed by atoms with van der Waals surface area (Å²) in [6.45, 7) is 7.98. The lowest BCUT2D eigenvalue weighted by Crippen LogP contribution is -2.42. The molecule has 2 nitrogen and oxygen atoms in total. The summed E-state index contributed by atoms with van der Waals surface area (Å²) in [6, 6.07) is 9.81. The minimum absolute atomic E-state index is 0.733. The zero-order valence-electron chi connectivity index (χ0n) is 11.8. The molecule has 0 bridgehead atoms. The summed E-state index contributed by atoms with van der Waals surface area (Å²) in [5.41, 5.74) is 2.82. The lowest BCUT2D eigenvalue weighted by molar-refractivity contribution is 0.416. The Morgan fingerprint density at radius 3 is 2.33 bits per heavy atom. The molecule has 0 aliphatic carbocycles. The lowest BCUT2D eigenvalue weighted by atomic mass is 10.0. The van der Waals surface area contributed by atoms with E-state index in [0.29, 0.717) is 0 Å². The van der Waals surface area contributed by atoms with Gasteiger partial charge in [0.2, 0.25) is 0 Å². The number of benzene rings is 1. The van der Waals surface area contributed by atoms with Crippen LogP contribution in [0.2, 0.25) is 0 Å². The van der Waals surface area contributed by atoms with Crippen LogP contribution in [0.1, 0.15) is 38.7 Å². The smallest absolute Gasteiger partial charge is 0.0366 e. The number of aryl methyl sites for hydroxylation is 1. The molecule has 0 aromatic heterocycles. The third-order valence-electron chi connectivity index (χ3n) is 3.89. The molecule has 1 aromatic rings. The van der Waals surface area contributed by atoms with E-state index in [1.165, 1.54) is 43.6 Å². The highest BCUT2D eigenvalue weighted by atomic mass is 15.1. The van der Waals surface area contributed by atoms with Crippen LogP contribution in [0.25, 0.3) is 0 Å². The molecule has 0 saturated carbocycles. The SMILES string of the molecule is CCCNC1CCN(c2ccc(CC)cc2)CC1. The van der Waals surface area contributed by atoms with Gasteiger partial charge >= 0.3 is 0 Å². The number of rotatable bonds is 5. The second-order valence-electron chi connectivity index (χ2n) is 5.24. The quantitative estimate of drug-likeness (QED) is 0.858. The predicted octanol–water partition coefficient (Wildman–Crippen LogP) is 3.22. The molecule has 1 aliphatic heterocycles. The summed E-state index contributed by atoms with van der Waals surface area (Å²) in [6.07, 6.45) is 4.91. The van der Waals surface area contributed by atoms with Crippen LogP contribution in [0.4, 0.5) is 5.69 Å². The molecule has 0 atom stereocenters. The maximum Gasteiger partial charge on any atom is 0.0366 e. The van der Waals surface area contributed by atoms with Crippen LogP contribution in [0, 0.1) is 0 Å². The third-order valence-corrected chi connectivity index (χ3v) is 3.89.